The van der Waals surface area contributed by atoms with Crippen molar-refractivity contribution in [3.63, 3.8) is 0 Å². The van der Waals surface area contributed by atoms with Gasteiger partial charge < -0.3 is 10.1 Å². The average Bonchev–Trinajstić information content (AvgIpc) is 2.16. The van der Waals surface area contributed by atoms with Crippen LogP contribution >= 0.6 is 0 Å². The van der Waals surface area contributed by atoms with E-state index in [0.717, 1.165) is 24.5 Å². The number of aromatic nitrogens is 1. The molecule has 0 saturated carbocycles. The van der Waals surface area contributed by atoms with Crippen molar-refractivity contribution in [2.45, 2.75) is 27.2 Å². The van der Waals surface area contributed by atoms with Gasteiger partial charge in [0, 0.05) is 19.3 Å². The average molecular weight is 222 g/mol. The quantitative estimate of drug-likeness (QED) is 0.778. The largest absolute Gasteiger partial charge is 0.383 e. The van der Waals surface area contributed by atoms with E-state index in [0.29, 0.717) is 6.61 Å². The van der Waals surface area contributed by atoms with Crippen molar-refractivity contribution in [1.29, 1.82) is 0 Å². The summed E-state index contributed by atoms with van der Waals surface area (Å²) in [6, 6.07) is 6.11. The highest BCUT2D eigenvalue weighted by Gasteiger charge is 2.12. The van der Waals surface area contributed by atoms with E-state index in [2.05, 4.69) is 37.1 Å². The maximum atomic E-state index is 4.98. The van der Waals surface area contributed by atoms with E-state index in [-0.39, 0.29) is 5.41 Å². The van der Waals surface area contributed by atoms with Crippen LogP contribution in [0, 0.1) is 5.41 Å². The molecule has 0 spiro atoms. The second kappa shape index (κ2) is 5.85. The van der Waals surface area contributed by atoms with Gasteiger partial charge in [-0.1, -0.05) is 26.8 Å². The van der Waals surface area contributed by atoms with E-state index in [9.17, 15) is 0 Å². The molecule has 1 N–H and O–H groups in total. The first-order valence-electron chi connectivity index (χ1n) is 5.70. The van der Waals surface area contributed by atoms with E-state index in [1.807, 2.05) is 12.1 Å². The lowest BCUT2D eigenvalue weighted by molar-refractivity contribution is 0.210. The van der Waals surface area contributed by atoms with Gasteiger partial charge in [-0.3, -0.25) is 0 Å². The molecule has 0 radical (unpaired) electrons. The Labute approximate surface area is 98.2 Å². The zero-order chi connectivity index (χ0) is 12.0. The molecule has 1 aromatic rings. The summed E-state index contributed by atoms with van der Waals surface area (Å²) in [4.78, 5) is 4.56. The molecule has 1 rings (SSSR count). The third-order valence-corrected chi connectivity index (χ3v) is 2.13. The molecule has 3 heteroatoms. The van der Waals surface area contributed by atoms with Crippen LogP contribution in [0.4, 0.5) is 5.82 Å². The summed E-state index contributed by atoms with van der Waals surface area (Å²) in [5, 5.41) is 3.24. The van der Waals surface area contributed by atoms with Crippen LogP contribution in [0.2, 0.25) is 0 Å². The first-order valence-corrected chi connectivity index (χ1v) is 5.70. The molecule has 16 heavy (non-hydrogen) atoms. The van der Waals surface area contributed by atoms with Crippen molar-refractivity contribution in [3.8, 4) is 0 Å². The van der Waals surface area contributed by atoms with Crippen LogP contribution in [0.3, 0.4) is 0 Å². The van der Waals surface area contributed by atoms with Gasteiger partial charge in [-0.05, 0) is 24.0 Å². The molecule has 1 heterocycles. The van der Waals surface area contributed by atoms with E-state index in [4.69, 9.17) is 4.74 Å². The standard InChI is InChI=1S/C13H22N2O/c1-13(2,3)10-11-6-5-7-12(15-11)14-8-9-16-4/h5-7H,8-10H2,1-4H3,(H,14,15). The van der Waals surface area contributed by atoms with Crippen LogP contribution in [0.5, 0.6) is 0 Å². The van der Waals surface area contributed by atoms with E-state index in [1.54, 1.807) is 7.11 Å². The number of hydrogen-bond donors (Lipinski definition) is 1. The highest BCUT2D eigenvalue weighted by atomic mass is 16.5. The Bertz CT molecular complexity index is 318. The van der Waals surface area contributed by atoms with Gasteiger partial charge in [0.1, 0.15) is 5.82 Å². The second-order valence-corrected chi connectivity index (χ2v) is 5.17. The Balaban J connectivity index is 2.57. The topological polar surface area (TPSA) is 34.1 Å². The Morgan fingerprint density at radius 2 is 2.06 bits per heavy atom. The van der Waals surface area contributed by atoms with Gasteiger partial charge in [-0.15, -0.1) is 0 Å². The maximum Gasteiger partial charge on any atom is 0.126 e. The summed E-state index contributed by atoms with van der Waals surface area (Å²) in [5.74, 6) is 0.929. The number of anilines is 1. The molecule has 0 aliphatic carbocycles. The van der Waals surface area contributed by atoms with Crippen molar-refractivity contribution in [2.24, 2.45) is 5.41 Å². The number of ether oxygens (including phenoxy) is 1. The monoisotopic (exact) mass is 222 g/mol. The minimum atomic E-state index is 0.276. The van der Waals surface area contributed by atoms with Crippen molar-refractivity contribution in [3.05, 3.63) is 23.9 Å². The lowest BCUT2D eigenvalue weighted by Crippen LogP contribution is -2.12. The number of pyridine rings is 1. The minimum Gasteiger partial charge on any atom is -0.383 e. The molecule has 0 aliphatic rings. The fourth-order valence-corrected chi connectivity index (χ4v) is 1.50. The van der Waals surface area contributed by atoms with Crippen molar-refractivity contribution < 1.29 is 4.74 Å². The van der Waals surface area contributed by atoms with Gasteiger partial charge in [0.05, 0.1) is 6.61 Å². The number of rotatable bonds is 5. The Kier molecular flexibility index (Phi) is 4.74. The Morgan fingerprint density at radius 3 is 2.69 bits per heavy atom. The van der Waals surface area contributed by atoms with Gasteiger partial charge in [0.25, 0.3) is 0 Å². The first-order chi connectivity index (χ1) is 7.51. The van der Waals surface area contributed by atoms with Crippen LogP contribution in [-0.2, 0) is 11.2 Å². The van der Waals surface area contributed by atoms with Crippen molar-refractivity contribution in [1.82, 2.24) is 4.98 Å². The molecular weight excluding hydrogens is 200 g/mol. The molecule has 0 atom stereocenters. The number of nitrogens with one attached hydrogen (secondary N) is 1. The molecule has 0 aromatic carbocycles. The van der Waals surface area contributed by atoms with Crippen LogP contribution in [0.25, 0.3) is 0 Å². The number of hydrogen-bond acceptors (Lipinski definition) is 3. The zero-order valence-electron chi connectivity index (χ0n) is 10.7. The van der Waals surface area contributed by atoms with E-state index < -0.39 is 0 Å². The molecular formula is C13H22N2O. The summed E-state index contributed by atoms with van der Waals surface area (Å²) in [6.07, 6.45) is 0.993. The fraction of sp³-hybridized carbons (Fsp3) is 0.615. The van der Waals surface area contributed by atoms with Crippen LogP contribution < -0.4 is 5.32 Å². The van der Waals surface area contributed by atoms with Gasteiger partial charge in [-0.25, -0.2) is 4.98 Å². The predicted molar refractivity (Wildman–Crippen MR) is 67.8 cm³/mol. The van der Waals surface area contributed by atoms with Crippen LogP contribution in [0.15, 0.2) is 18.2 Å². The maximum absolute atomic E-state index is 4.98. The smallest absolute Gasteiger partial charge is 0.126 e. The SMILES string of the molecule is COCCNc1cccc(CC(C)(C)C)n1. The van der Waals surface area contributed by atoms with Gasteiger partial charge in [0.15, 0.2) is 0 Å². The number of methoxy groups -OCH3 is 1. The van der Waals surface area contributed by atoms with E-state index in [1.165, 1.54) is 0 Å². The van der Waals surface area contributed by atoms with Gasteiger partial charge in [-0.2, -0.15) is 0 Å². The summed E-state index contributed by atoms with van der Waals surface area (Å²) in [7, 11) is 1.70. The first kappa shape index (κ1) is 13.0. The zero-order valence-corrected chi connectivity index (χ0v) is 10.7. The minimum absolute atomic E-state index is 0.276. The summed E-state index contributed by atoms with van der Waals surface area (Å²) >= 11 is 0. The van der Waals surface area contributed by atoms with Gasteiger partial charge in [0.2, 0.25) is 0 Å². The second-order valence-electron chi connectivity index (χ2n) is 5.17. The summed E-state index contributed by atoms with van der Waals surface area (Å²) in [5.41, 5.74) is 1.41. The third-order valence-electron chi connectivity index (χ3n) is 2.13. The summed E-state index contributed by atoms with van der Waals surface area (Å²) < 4.78 is 4.98. The molecule has 3 nitrogen and oxygen atoms in total. The Hall–Kier alpha value is -1.09. The van der Waals surface area contributed by atoms with Crippen LogP contribution in [-0.4, -0.2) is 25.2 Å². The predicted octanol–water partition coefficient (Wildman–Crippen LogP) is 2.73. The third kappa shape index (κ3) is 5.12. The molecule has 0 bridgehead atoms. The summed E-state index contributed by atoms with van der Waals surface area (Å²) in [6.45, 7) is 8.16. The van der Waals surface area contributed by atoms with Crippen LogP contribution in [0.1, 0.15) is 26.5 Å². The van der Waals surface area contributed by atoms with E-state index >= 15 is 0 Å². The lowest BCUT2D eigenvalue weighted by Gasteiger charge is -2.17. The molecule has 0 saturated heterocycles. The number of nitrogens with zero attached hydrogens (tertiary/aromatic N) is 1. The fourth-order valence-electron chi connectivity index (χ4n) is 1.50. The molecule has 90 valence electrons. The molecule has 0 fully saturated rings. The van der Waals surface area contributed by atoms with Crippen molar-refractivity contribution >= 4 is 5.82 Å². The normalized spacial score (nSPS) is 11.5. The molecule has 0 unspecified atom stereocenters. The van der Waals surface area contributed by atoms with Crippen molar-refractivity contribution in [2.75, 3.05) is 25.6 Å². The Morgan fingerprint density at radius 1 is 1.31 bits per heavy atom. The molecule has 1 aromatic heterocycles. The highest BCUT2D eigenvalue weighted by Crippen LogP contribution is 2.19. The molecule has 0 aliphatic heterocycles. The molecule has 0 amide bonds. The lowest BCUT2D eigenvalue weighted by atomic mass is 9.90. The van der Waals surface area contributed by atoms with Gasteiger partial charge >= 0.3 is 0 Å². The highest BCUT2D eigenvalue weighted by molar-refractivity contribution is 5.35.